The molecule has 1 amide bonds. The fourth-order valence-electron chi connectivity index (χ4n) is 2.18. The standard InChI is InChI=1S/C16H18N2O3/c1-11(12-7-4-5-9-14(12)21-3)18(2)16(20)13-8-6-10-17-15(13)19/h4-11H,1-3H3,(H,17,19). The fraction of sp³-hybridized carbons (Fsp3) is 0.250. The second-order valence-electron chi connectivity index (χ2n) is 4.75. The summed E-state index contributed by atoms with van der Waals surface area (Å²) < 4.78 is 5.32. The number of carbonyl (C=O) groups excluding carboxylic acids is 1. The summed E-state index contributed by atoms with van der Waals surface area (Å²) in [6.45, 7) is 1.90. The molecule has 2 rings (SSSR count). The Morgan fingerprint density at radius 1 is 1.24 bits per heavy atom. The zero-order valence-corrected chi connectivity index (χ0v) is 12.3. The van der Waals surface area contributed by atoms with Gasteiger partial charge < -0.3 is 14.6 Å². The minimum atomic E-state index is -0.387. The summed E-state index contributed by atoms with van der Waals surface area (Å²) in [7, 11) is 3.27. The van der Waals surface area contributed by atoms with Crippen LogP contribution in [0.5, 0.6) is 5.75 Å². The number of H-pyrrole nitrogens is 1. The molecule has 1 unspecified atom stereocenters. The molecule has 0 saturated carbocycles. The lowest BCUT2D eigenvalue weighted by Gasteiger charge is -2.26. The van der Waals surface area contributed by atoms with Crippen molar-refractivity contribution in [3.8, 4) is 5.75 Å². The second-order valence-corrected chi connectivity index (χ2v) is 4.75. The number of nitrogens with one attached hydrogen (secondary N) is 1. The van der Waals surface area contributed by atoms with Crippen molar-refractivity contribution >= 4 is 5.91 Å². The Hall–Kier alpha value is -2.56. The maximum Gasteiger partial charge on any atom is 0.260 e. The van der Waals surface area contributed by atoms with Gasteiger partial charge in [-0.05, 0) is 25.1 Å². The summed E-state index contributed by atoms with van der Waals surface area (Å²) in [5.74, 6) is 0.391. The molecule has 0 aliphatic rings. The van der Waals surface area contributed by atoms with Gasteiger partial charge in [0.15, 0.2) is 0 Å². The highest BCUT2D eigenvalue weighted by Gasteiger charge is 2.22. The third kappa shape index (κ3) is 2.97. The van der Waals surface area contributed by atoms with E-state index in [2.05, 4.69) is 4.98 Å². The molecule has 0 saturated heterocycles. The van der Waals surface area contributed by atoms with Crippen LogP contribution in [-0.2, 0) is 0 Å². The van der Waals surface area contributed by atoms with Gasteiger partial charge in [-0.15, -0.1) is 0 Å². The van der Waals surface area contributed by atoms with Crippen molar-refractivity contribution in [2.24, 2.45) is 0 Å². The first-order chi connectivity index (χ1) is 10.1. The van der Waals surface area contributed by atoms with Crippen LogP contribution in [0.2, 0.25) is 0 Å². The van der Waals surface area contributed by atoms with E-state index >= 15 is 0 Å². The molecule has 1 N–H and O–H groups in total. The van der Waals surface area contributed by atoms with E-state index < -0.39 is 0 Å². The Morgan fingerprint density at radius 2 is 1.95 bits per heavy atom. The molecular weight excluding hydrogens is 268 g/mol. The Morgan fingerprint density at radius 3 is 2.62 bits per heavy atom. The largest absolute Gasteiger partial charge is 0.496 e. The highest BCUT2D eigenvalue weighted by molar-refractivity contribution is 5.93. The maximum absolute atomic E-state index is 12.4. The third-order valence-corrected chi connectivity index (χ3v) is 3.54. The summed E-state index contributed by atoms with van der Waals surface area (Å²) in [6, 6.07) is 10.5. The molecule has 0 spiro atoms. The molecule has 21 heavy (non-hydrogen) atoms. The summed E-state index contributed by atoms with van der Waals surface area (Å²) >= 11 is 0. The Kier molecular flexibility index (Phi) is 4.42. The number of aromatic amines is 1. The van der Waals surface area contributed by atoms with Gasteiger partial charge in [-0.1, -0.05) is 18.2 Å². The third-order valence-electron chi connectivity index (χ3n) is 3.54. The van der Waals surface area contributed by atoms with E-state index in [1.54, 1.807) is 20.2 Å². The molecule has 2 aromatic rings. The maximum atomic E-state index is 12.4. The van der Waals surface area contributed by atoms with Gasteiger partial charge in [0.1, 0.15) is 11.3 Å². The number of hydrogen-bond donors (Lipinski definition) is 1. The molecule has 1 heterocycles. The summed E-state index contributed by atoms with van der Waals surface area (Å²) in [6.07, 6.45) is 1.50. The number of pyridine rings is 1. The van der Waals surface area contributed by atoms with Crippen molar-refractivity contribution in [2.45, 2.75) is 13.0 Å². The Labute approximate surface area is 123 Å². The first-order valence-electron chi connectivity index (χ1n) is 6.64. The average molecular weight is 286 g/mol. The van der Waals surface area contributed by atoms with E-state index in [4.69, 9.17) is 4.74 Å². The molecule has 1 atom stereocenters. The van der Waals surface area contributed by atoms with E-state index in [9.17, 15) is 9.59 Å². The summed E-state index contributed by atoms with van der Waals surface area (Å²) in [5, 5.41) is 0. The van der Waals surface area contributed by atoms with Crippen molar-refractivity contribution in [1.29, 1.82) is 0 Å². The van der Waals surface area contributed by atoms with Crippen LogP contribution >= 0.6 is 0 Å². The molecule has 5 nitrogen and oxygen atoms in total. The smallest absolute Gasteiger partial charge is 0.260 e. The van der Waals surface area contributed by atoms with Crippen molar-refractivity contribution in [1.82, 2.24) is 9.88 Å². The monoisotopic (exact) mass is 286 g/mol. The normalized spacial score (nSPS) is 11.8. The lowest BCUT2D eigenvalue weighted by atomic mass is 10.1. The average Bonchev–Trinajstić information content (AvgIpc) is 2.53. The van der Waals surface area contributed by atoms with Gasteiger partial charge in [-0.2, -0.15) is 0 Å². The van der Waals surface area contributed by atoms with Crippen LogP contribution in [0, 0.1) is 0 Å². The molecule has 110 valence electrons. The lowest BCUT2D eigenvalue weighted by Crippen LogP contribution is -2.33. The van der Waals surface area contributed by atoms with Crippen LogP contribution in [0.1, 0.15) is 28.9 Å². The zero-order valence-electron chi connectivity index (χ0n) is 12.3. The lowest BCUT2D eigenvalue weighted by molar-refractivity contribution is 0.0739. The van der Waals surface area contributed by atoms with Crippen molar-refractivity contribution in [3.63, 3.8) is 0 Å². The van der Waals surface area contributed by atoms with Crippen LogP contribution in [-0.4, -0.2) is 29.9 Å². The predicted octanol–water partition coefficient (Wildman–Crippen LogP) is 2.22. The number of para-hydroxylation sites is 1. The number of aromatic nitrogens is 1. The Bertz CT molecular complexity index is 694. The molecule has 0 aliphatic carbocycles. The quantitative estimate of drug-likeness (QED) is 0.937. The van der Waals surface area contributed by atoms with Crippen LogP contribution < -0.4 is 10.3 Å². The van der Waals surface area contributed by atoms with Crippen LogP contribution in [0.25, 0.3) is 0 Å². The van der Waals surface area contributed by atoms with Gasteiger partial charge >= 0.3 is 0 Å². The summed E-state index contributed by atoms with van der Waals surface area (Å²) in [5.41, 5.74) is 0.631. The van der Waals surface area contributed by atoms with Crippen LogP contribution in [0.15, 0.2) is 47.4 Å². The molecule has 5 heteroatoms. The second kappa shape index (κ2) is 6.26. The number of benzene rings is 1. The van der Waals surface area contributed by atoms with Gasteiger partial charge in [-0.3, -0.25) is 9.59 Å². The first-order valence-corrected chi connectivity index (χ1v) is 6.64. The minimum Gasteiger partial charge on any atom is -0.496 e. The van der Waals surface area contributed by atoms with E-state index in [0.29, 0.717) is 5.75 Å². The molecule has 0 aliphatic heterocycles. The van der Waals surface area contributed by atoms with Gasteiger partial charge in [0.05, 0.1) is 13.2 Å². The van der Waals surface area contributed by atoms with Gasteiger partial charge in [0, 0.05) is 18.8 Å². The molecule has 0 bridgehead atoms. The van der Waals surface area contributed by atoms with Crippen molar-refractivity contribution < 1.29 is 9.53 Å². The van der Waals surface area contributed by atoms with E-state index in [1.807, 2.05) is 31.2 Å². The van der Waals surface area contributed by atoms with Gasteiger partial charge in [0.2, 0.25) is 0 Å². The number of hydrogen-bond acceptors (Lipinski definition) is 3. The number of amides is 1. The number of rotatable bonds is 4. The number of ether oxygens (including phenoxy) is 1. The molecule has 1 aromatic heterocycles. The molecule has 0 fully saturated rings. The van der Waals surface area contributed by atoms with Gasteiger partial charge in [0.25, 0.3) is 11.5 Å². The zero-order chi connectivity index (χ0) is 15.4. The summed E-state index contributed by atoms with van der Waals surface area (Å²) in [4.78, 5) is 28.2. The van der Waals surface area contributed by atoms with Crippen LogP contribution in [0.3, 0.4) is 0 Å². The molecule has 0 radical (unpaired) electrons. The Balaban J connectivity index is 2.31. The fourth-order valence-corrected chi connectivity index (χ4v) is 2.18. The van der Waals surface area contributed by atoms with E-state index in [-0.39, 0.29) is 23.1 Å². The highest BCUT2D eigenvalue weighted by atomic mass is 16.5. The van der Waals surface area contributed by atoms with E-state index in [0.717, 1.165) is 5.56 Å². The molecule has 1 aromatic carbocycles. The van der Waals surface area contributed by atoms with Crippen molar-refractivity contribution in [3.05, 3.63) is 64.1 Å². The number of methoxy groups -OCH3 is 1. The van der Waals surface area contributed by atoms with Crippen molar-refractivity contribution in [2.75, 3.05) is 14.2 Å². The molecular formula is C16H18N2O3. The predicted molar refractivity (Wildman–Crippen MR) is 80.6 cm³/mol. The first kappa shape index (κ1) is 14.8. The van der Waals surface area contributed by atoms with Gasteiger partial charge in [-0.25, -0.2) is 0 Å². The highest BCUT2D eigenvalue weighted by Crippen LogP contribution is 2.28. The SMILES string of the molecule is COc1ccccc1C(C)N(C)C(=O)c1ccc[nH]c1=O. The van der Waals surface area contributed by atoms with Crippen LogP contribution in [0.4, 0.5) is 0 Å². The number of carbonyl (C=O) groups is 1. The number of nitrogens with zero attached hydrogens (tertiary/aromatic N) is 1. The minimum absolute atomic E-state index is 0.127. The van der Waals surface area contributed by atoms with E-state index in [1.165, 1.54) is 17.2 Å². The topological polar surface area (TPSA) is 62.4 Å².